The van der Waals surface area contributed by atoms with Crippen molar-refractivity contribution in [3.63, 3.8) is 0 Å². The molecule has 1 aromatic carbocycles. The quantitative estimate of drug-likeness (QED) is 0.791. The second kappa shape index (κ2) is 5.15. The van der Waals surface area contributed by atoms with Crippen LogP contribution in [0.4, 0.5) is 8.78 Å². The van der Waals surface area contributed by atoms with E-state index < -0.39 is 24.2 Å². The van der Waals surface area contributed by atoms with Gasteiger partial charge in [0.1, 0.15) is 0 Å². The Hall–Kier alpha value is -0.935. The third-order valence-corrected chi connectivity index (χ3v) is 2.61. The third-order valence-electron chi connectivity index (χ3n) is 2.61. The topological polar surface area (TPSA) is 40.5 Å². The minimum absolute atomic E-state index is 0.0398. The molecular formula is C12H17BF2O2. The van der Waals surface area contributed by atoms with Crippen LogP contribution in [0.5, 0.6) is 0 Å². The predicted octanol–water partition coefficient (Wildman–Crippen LogP) is 1.62. The van der Waals surface area contributed by atoms with Crippen LogP contribution in [-0.2, 0) is 6.42 Å². The monoisotopic (exact) mass is 242 g/mol. The Morgan fingerprint density at radius 2 is 1.71 bits per heavy atom. The second-order valence-corrected chi connectivity index (χ2v) is 5.38. The van der Waals surface area contributed by atoms with Gasteiger partial charge < -0.3 is 10.0 Å². The van der Waals surface area contributed by atoms with E-state index in [2.05, 4.69) is 0 Å². The minimum atomic E-state index is -1.99. The van der Waals surface area contributed by atoms with Crippen LogP contribution in [0.2, 0.25) is 0 Å². The van der Waals surface area contributed by atoms with Crippen LogP contribution in [0.15, 0.2) is 12.1 Å². The van der Waals surface area contributed by atoms with Crippen LogP contribution >= 0.6 is 0 Å². The van der Waals surface area contributed by atoms with E-state index in [1.807, 2.05) is 20.8 Å². The number of hydrogen-bond acceptors (Lipinski definition) is 2. The predicted molar refractivity (Wildman–Crippen MR) is 64.0 cm³/mol. The highest BCUT2D eigenvalue weighted by Crippen LogP contribution is 2.22. The highest BCUT2D eigenvalue weighted by molar-refractivity contribution is 6.58. The molecule has 0 aliphatic heterocycles. The lowest BCUT2D eigenvalue weighted by molar-refractivity contribution is 0.373. The zero-order valence-corrected chi connectivity index (χ0v) is 10.3. The molecule has 0 aromatic heterocycles. The van der Waals surface area contributed by atoms with Crippen LogP contribution in [0, 0.1) is 17.0 Å². The first-order valence-electron chi connectivity index (χ1n) is 5.55. The molecular weight excluding hydrogens is 225 g/mol. The Labute approximate surface area is 100 Å². The van der Waals surface area contributed by atoms with Gasteiger partial charge in [-0.05, 0) is 23.8 Å². The summed E-state index contributed by atoms with van der Waals surface area (Å²) < 4.78 is 27.0. The Morgan fingerprint density at radius 1 is 1.12 bits per heavy atom. The fourth-order valence-corrected chi connectivity index (χ4v) is 1.51. The summed E-state index contributed by atoms with van der Waals surface area (Å²) in [5.74, 6) is -2.16. The lowest BCUT2D eigenvalue weighted by Gasteiger charge is -2.18. The van der Waals surface area contributed by atoms with Crippen molar-refractivity contribution in [2.24, 2.45) is 5.41 Å². The van der Waals surface area contributed by atoms with Crippen molar-refractivity contribution in [1.82, 2.24) is 0 Å². The van der Waals surface area contributed by atoms with Crippen molar-refractivity contribution >= 4 is 12.6 Å². The van der Waals surface area contributed by atoms with Gasteiger partial charge in [-0.2, -0.15) is 0 Å². The number of benzene rings is 1. The molecule has 2 nitrogen and oxygen atoms in total. The first kappa shape index (κ1) is 14.1. The summed E-state index contributed by atoms with van der Waals surface area (Å²) in [6.45, 7) is 6.06. The van der Waals surface area contributed by atoms with Crippen LogP contribution in [-0.4, -0.2) is 17.2 Å². The molecule has 0 aliphatic rings. The van der Waals surface area contributed by atoms with E-state index >= 15 is 0 Å². The summed E-state index contributed by atoms with van der Waals surface area (Å²) in [7, 11) is -1.99. The van der Waals surface area contributed by atoms with Gasteiger partial charge in [0.05, 0.1) is 0 Å². The fraction of sp³-hybridized carbons (Fsp3) is 0.500. The molecule has 0 fully saturated rings. The van der Waals surface area contributed by atoms with E-state index in [9.17, 15) is 8.78 Å². The molecule has 0 spiro atoms. The molecule has 0 saturated heterocycles. The van der Waals surface area contributed by atoms with Gasteiger partial charge in [-0.25, -0.2) is 8.78 Å². The summed E-state index contributed by atoms with van der Waals surface area (Å²) in [5, 5.41) is 17.7. The van der Waals surface area contributed by atoms with Crippen molar-refractivity contribution in [2.75, 3.05) is 0 Å². The molecule has 0 amide bonds. The fourth-order valence-electron chi connectivity index (χ4n) is 1.51. The third kappa shape index (κ3) is 3.79. The van der Waals surface area contributed by atoms with Gasteiger partial charge in [-0.1, -0.05) is 32.9 Å². The largest absolute Gasteiger partial charge is 0.491 e. The Kier molecular flexibility index (Phi) is 4.28. The zero-order chi connectivity index (χ0) is 13.2. The van der Waals surface area contributed by atoms with Crippen molar-refractivity contribution in [3.05, 3.63) is 29.3 Å². The summed E-state index contributed by atoms with van der Waals surface area (Å²) in [5.41, 5.74) is -0.123. The summed E-state index contributed by atoms with van der Waals surface area (Å²) in [4.78, 5) is 0. The van der Waals surface area contributed by atoms with E-state index in [0.717, 1.165) is 6.42 Å². The SMILES string of the molecule is CC(C)(C)CCc1ccc(B(O)O)c(F)c1F. The van der Waals surface area contributed by atoms with Gasteiger partial charge in [0.2, 0.25) is 0 Å². The summed E-state index contributed by atoms with van der Waals surface area (Å²) in [6.07, 6.45) is 1.15. The molecule has 0 atom stereocenters. The van der Waals surface area contributed by atoms with Crippen molar-refractivity contribution in [3.8, 4) is 0 Å². The molecule has 94 valence electrons. The van der Waals surface area contributed by atoms with E-state index in [0.29, 0.717) is 6.42 Å². The first-order valence-corrected chi connectivity index (χ1v) is 5.55. The standard InChI is InChI=1S/C12H17BF2O2/c1-12(2,3)7-6-8-4-5-9(13(16)17)11(15)10(8)14/h4-5,16-17H,6-7H2,1-3H3. The smallest absolute Gasteiger partial charge is 0.423 e. The van der Waals surface area contributed by atoms with Crippen molar-refractivity contribution in [1.29, 1.82) is 0 Å². The van der Waals surface area contributed by atoms with Crippen molar-refractivity contribution in [2.45, 2.75) is 33.6 Å². The second-order valence-electron chi connectivity index (χ2n) is 5.38. The molecule has 0 radical (unpaired) electrons. The van der Waals surface area contributed by atoms with Crippen LogP contribution in [0.1, 0.15) is 32.8 Å². The van der Waals surface area contributed by atoms with Gasteiger partial charge in [0.25, 0.3) is 0 Å². The van der Waals surface area contributed by atoms with Crippen LogP contribution in [0.25, 0.3) is 0 Å². The average molecular weight is 242 g/mol. The van der Waals surface area contributed by atoms with E-state index in [-0.39, 0.29) is 11.0 Å². The molecule has 2 N–H and O–H groups in total. The Balaban J connectivity index is 2.93. The van der Waals surface area contributed by atoms with Gasteiger partial charge >= 0.3 is 7.12 Å². The molecule has 0 bridgehead atoms. The molecule has 0 heterocycles. The molecule has 0 saturated carbocycles. The maximum atomic E-state index is 13.6. The lowest BCUT2D eigenvalue weighted by Crippen LogP contribution is -2.33. The van der Waals surface area contributed by atoms with Gasteiger partial charge in [0, 0.05) is 5.46 Å². The highest BCUT2D eigenvalue weighted by Gasteiger charge is 2.22. The molecule has 1 rings (SSSR count). The molecule has 17 heavy (non-hydrogen) atoms. The summed E-state index contributed by atoms with van der Waals surface area (Å²) >= 11 is 0. The lowest BCUT2D eigenvalue weighted by atomic mass is 9.78. The molecule has 0 unspecified atom stereocenters. The number of aryl methyl sites for hydroxylation is 1. The van der Waals surface area contributed by atoms with Gasteiger partial charge in [-0.15, -0.1) is 0 Å². The molecule has 5 heteroatoms. The van der Waals surface area contributed by atoms with E-state index in [4.69, 9.17) is 10.0 Å². The van der Waals surface area contributed by atoms with Gasteiger partial charge in [-0.3, -0.25) is 0 Å². The van der Waals surface area contributed by atoms with Crippen molar-refractivity contribution < 1.29 is 18.8 Å². The maximum Gasteiger partial charge on any atom is 0.491 e. The normalized spacial score (nSPS) is 11.7. The number of halogens is 2. The first-order chi connectivity index (χ1) is 7.72. The minimum Gasteiger partial charge on any atom is -0.423 e. The number of hydrogen-bond donors (Lipinski definition) is 2. The highest BCUT2D eigenvalue weighted by atomic mass is 19.2. The Bertz CT molecular complexity index is 400. The zero-order valence-electron chi connectivity index (χ0n) is 10.3. The Morgan fingerprint density at radius 3 is 2.18 bits per heavy atom. The average Bonchev–Trinajstić information content (AvgIpc) is 2.18. The maximum absolute atomic E-state index is 13.6. The summed E-state index contributed by atoms with van der Waals surface area (Å²) in [6, 6.07) is 2.61. The van der Waals surface area contributed by atoms with Crippen LogP contribution < -0.4 is 5.46 Å². The van der Waals surface area contributed by atoms with Gasteiger partial charge in [0.15, 0.2) is 11.6 Å². The molecule has 1 aromatic rings. The van der Waals surface area contributed by atoms with E-state index in [1.54, 1.807) is 0 Å². The van der Waals surface area contributed by atoms with E-state index in [1.165, 1.54) is 12.1 Å². The molecule has 0 aliphatic carbocycles. The number of rotatable bonds is 3. The van der Waals surface area contributed by atoms with Crippen LogP contribution in [0.3, 0.4) is 0 Å².